The van der Waals surface area contributed by atoms with Crippen molar-refractivity contribution in [1.29, 1.82) is 0 Å². The lowest BCUT2D eigenvalue weighted by atomic mass is 9.70. The number of ether oxygens (including phenoxy) is 3. The molecule has 9 atom stereocenters. The van der Waals surface area contributed by atoms with Gasteiger partial charge in [0, 0.05) is 30.6 Å². The van der Waals surface area contributed by atoms with E-state index < -0.39 is 77.0 Å². The highest BCUT2D eigenvalue weighted by Gasteiger charge is 2.77. The smallest absolute Gasteiger partial charge is 0.313 e. The topological polar surface area (TPSA) is 135 Å². The van der Waals surface area contributed by atoms with Crippen molar-refractivity contribution >= 4 is 45.3 Å². The minimum atomic E-state index is -1.44. The molecule has 3 amide bonds. The molecule has 3 aliphatic rings. The molecule has 3 aliphatic heterocycles. The predicted octanol–water partition coefficient (Wildman–Crippen LogP) is 5.56. The van der Waals surface area contributed by atoms with E-state index in [0.717, 1.165) is 16.7 Å². The summed E-state index contributed by atoms with van der Waals surface area (Å²) in [4.78, 5) is 61.1. The van der Waals surface area contributed by atoms with Crippen LogP contribution in [0.3, 0.4) is 0 Å². The Morgan fingerprint density at radius 2 is 1.77 bits per heavy atom. The maximum absolute atomic E-state index is 15.4. The first kappa shape index (κ1) is 42.0. The summed E-state index contributed by atoms with van der Waals surface area (Å²) in [5.41, 5.74) is 2.52. The average molecular weight is 843 g/mol. The van der Waals surface area contributed by atoms with Crippen LogP contribution in [0.5, 0.6) is 0 Å². The number of nitrogens with one attached hydrogen (secondary N) is 1. The van der Waals surface area contributed by atoms with Gasteiger partial charge in [0.25, 0.3) is 5.91 Å². The highest BCUT2D eigenvalue weighted by atomic mass is 79.9. The molecule has 12 heteroatoms. The molecule has 6 rings (SSSR count). The number of halogens is 1. The van der Waals surface area contributed by atoms with E-state index in [1.807, 2.05) is 80.6 Å². The molecule has 3 fully saturated rings. The number of hydrogen-bond donors (Lipinski definition) is 2. The monoisotopic (exact) mass is 841 g/mol. The Hall–Kier alpha value is -4.62. The van der Waals surface area contributed by atoms with Crippen LogP contribution in [-0.2, 0) is 39.8 Å². The van der Waals surface area contributed by atoms with E-state index in [9.17, 15) is 14.7 Å². The number of amides is 3. The fraction of sp³-hybridized carbons (Fsp3) is 0.422. The number of hydrogen-bond acceptors (Lipinski definition) is 8. The fourth-order valence-corrected chi connectivity index (χ4v) is 9.81. The minimum absolute atomic E-state index is 0.0319. The second-order valence-corrected chi connectivity index (χ2v) is 16.4. The van der Waals surface area contributed by atoms with Gasteiger partial charge in [-0.1, -0.05) is 101 Å². The van der Waals surface area contributed by atoms with Crippen molar-refractivity contribution in [3.05, 3.63) is 126 Å². The second kappa shape index (κ2) is 18.3. The van der Waals surface area contributed by atoms with E-state index in [-0.39, 0.29) is 38.3 Å². The van der Waals surface area contributed by atoms with Crippen molar-refractivity contribution < 1.29 is 38.5 Å². The van der Waals surface area contributed by atoms with Crippen molar-refractivity contribution in [1.82, 2.24) is 10.2 Å². The SMILES string of the molecule is C=CCCC(=O)N[C@H](COC)[C@H](OC(=O)[C@@H]1[C@H]2O[C@@]3(CC2Br)[C@H](C(=O)N(CC=C)c2cc(C)ccc2C)N([C@@H](CO)Cc2ccccc2)C(=O)[C@@H]13)c1ccccc1. The van der Waals surface area contributed by atoms with Crippen LogP contribution in [0.15, 0.2) is 104 Å². The molecule has 1 spiro atoms. The van der Waals surface area contributed by atoms with Crippen LogP contribution in [0.1, 0.15) is 47.6 Å². The molecule has 3 aromatic rings. The molecule has 0 aliphatic carbocycles. The van der Waals surface area contributed by atoms with Gasteiger partial charge in [0.15, 0.2) is 0 Å². The maximum atomic E-state index is 15.4. The molecule has 1 unspecified atom stereocenters. The molecule has 3 saturated heterocycles. The van der Waals surface area contributed by atoms with Crippen molar-refractivity contribution in [3.8, 4) is 0 Å². The Bertz CT molecular complexity index is 1940. The number of esters is 1. The zero-order chi connectivity index (χ0) is 40.9. The molecule has 0 radical (unpaired) electrons. The lowest BCUT2D eigenvalue weighted by Gasteiger charge is -2.39. The number of likely N-dealkylation sites (tertiary alicyclic amines) is 1. The van der Waals surface area contributed by atoms with E-state index in [0.29, 0.717) is 17.7 Å². The van der Waals surface area contributed by atoms with E-state index >= 15 is 9.59 Å². The zero-order valence-electron chi connectivity index (χ0n) is 32.7. The van der Waals surface area contributed by atoms with Gasteiger partial charge in [0.05, 0.1) is 43.2 Å². The van der Waals surface area contributed by atoms with Gasteiger partial charge in [-0.3, -0.25) is 19.2 Å². The van der Waals surface area contributed by atoms with Crippen molar-refractivity contribution in [2.24, 2.45) is 11.8 Å². The van der Waals surface area contributed by atoms with Gasteiger partial charge in [-0.15, -0.1) is 13.2 Å². The molecule has 57 heavy (non-hydrogen) atoms. The van der Waals surface area contributed by atoms with Crippen LogP contribution in [-0.4, -0.2) is 95.2 Å². The lowest BCUT2D eigenvalue weighted by molar-refractivity contribution is -0.163. The van der Waals surface area contributed by atoms with Gasteiger partial charge >= 0.3 is 5.97 Å². The quantitative estimate of drug-likeness (QED) is 0.0968. The summed E-state index contributed by atoms with van der Waals surface area (Å²) in [6.45, 7) is 11.3. The first-order valence-electron chi connectivity index (χ1n) is 19.4. The summed E-state index contributed by atoms with van der Waals surface area (Å²) in [7, 11) is 1.50. The first-order valence-corrected chi connectivity index (χ1v) is 20.3. The minimum Gasteiger partial charge on any atom is -0.455 e. The number of carbonyl (C=O) groups is 4. The van der Waals surface area contributed by atoms with E-state index in [1.54, 1.807) is 29.2 Å². The van der Waals surface area contributed by atoms with Gasteiger partial charge in [0.1, 0.15) is 17.7 Å². The highest BCUT2D eigenvalue weighted by molar-refractivity contribution is 9.09. The number of aryl methyl sites for hydroxylation is 2. The standard InChI is InChI=1S/C45H52BrN3O8/c1-6-8-19-36(51)47-34(27-55-5)39(31-17-13-10-14-18-31)56-44(54)37-38-42(52)49(32(26-50)24-30-15-11-9-12-16-30)41(45(38)25-33(46)40(37)57-45)43(53)48(22-7-2)35-23-28(3)20-21-29(35)4/h6-7,9-18,20-21,23,32-34,37-41,50H,1-2,8,19,22,24-27H2,3-5H3,(H,47,51)/t32-,33?,34-,37+,38-,39-,40+,41+,45-/m1/s1. The number of rotatable bonds is 18. The number of benzene rings is 3. The highest BCUT2D eigenvalue weighted by Crippen LogP contribution is 2.61. The van der Waals surface area contributed by atoms with E-state index in [2.05, 4.69) is 34.4 Å². The molecular formula is C45H52BrN3O8. The van der Waals surface area contributed by atoms with Crippen molar-refractivity contribution in [2.75, 3.05) is 31.8 Å². The Labute approximate surface area is 343 Å². The maximum Gasteiger partial charge on any atom is 0.313 e. The molecular weight excluding hydrogens is 790 g/mol. The molecule has 302 valence electrons. The largest absolute Gasteiger partial charge is 0.455 e. The average Bonchev–Trinajstić information content (AvgIpc) is 3.81. The molecule has 11 nitrogen and oxygen atoms in total. The summed E-state index contributed by atoms with van der Waals surface area (Å²) in [5, 5.41) is 14.0. The van der Waals surface area contributed by atoms with Crippen molar-refractivity contribution in [3.63, 3.8) is 0 Å². The molecule has 3 heterocycles. The second-order valence-electron chi connectivity index (χ2n) is 15.2. The van der Waals surface area contributed by atoms with Crippen LogP contribution in [0, 0.1) is 25.7 Å². The number of allylic oxidation sites excluding steroid dienone is 1. The summed E-state index contributed by atoms with van der Waals surface area (Å²) in [5.74, 6) is -4.05. The number of carbonyl (C=O) groups excluding carboxylic acids is 4. The van der Waals surface area contributed by atoms with Gasteiger partial charge < -0.3 is 34.4 Å². The Morgan fingerprint density at radius 1 is 1.07 bits per heavy atom. The van der Waals surface area contributed by atoms with Crippen LogP contribution in [0.25, 0.3) is 0 Å². The molecule has 2 bridgehead atoms. The fourth-order valence-electron chi connectivity index (χ4n) is 8.87. The Balaban J connectivity index is 1.43. The normalized spacial score (nSPS) is 25.0. The predicted molar refractivity (Wildman–Crippen MR) is 221 cm³/mol. The number of methoxy groups -OCH3 is 1. The third-order valence-corrected chi connectivity index (χ3v) is 12.2. The number of anilines is 1. The lowest BCUT2D eigenvalue weighted by Crippen LogP contribution is -2.59. The van der Waals surface area contributed by atoms with Gasteiger partial charge in [-0.2, -0.15) is 0 Å². The van der Waals surface area contributed by atoms with Gasteiger partial charge in [0.2, 0.25) is 11.8 Å². The van der Waals surface area contributed by atoms with Crippen LogP contribution >= 0.6 is 15.9 Å². The summed E-state index contributed by atoms with van der Waals surface area (Å²) in [6, 6.07) is 21.6. The summed E-state index contributed by atoms with van der Waals surface area (Å²) < 4.78 is 18.8. The third-order valence-electron chi connectivity index (χ3n) is 11.4. The summed E-state index contributed by atoms with van der Waals surface area (Å²) in [6.07, 6.45) is 2.67. The Morgan fingerprint density at radius 3 is 2.42 bits per heavy atom. The molecule has 2 N–H and O–H groups in total. The molecule has 0 aromatic heterocycles. The van der Waals surface area contributed by atoms with E-state index in [4.69, 9.17) is 14.2 Å². The number of alkyl halides is 1. The van der Waals surface area contributed by atoms with Crippen LogP contribution < -0.4 is 10.2 Å². The molecule has 0 saturated carbocycles. The van der Waals surface area contributed by atoms with Crippen LogP contribution in [0.2, 0.25) is 0 Å². The van der Waals surface area contributed by atoms with Crippen molar-refractivity contribution in [2.45, 2.75) is 80.3 Å². The summed E-state index contributed by atoms with van der Waals surface area (Å²) >= 11 is 3.78. The third kappa shape index (κ3) is 8.37. The van der Waals surface area contributed by atoms with Crippen LogP contribution in [0.4, 0.5) is 5.69 Å². The number of aliphatic hydroxyl groups excluding tert-OH is 1. The van der Waals surface area contributed by atoms with E-state index in [1.165, 1.54) is 12.0 Å². The van der Waals surface area contributed by atoms with Gasteiger partial charge in [-0.25, -0.2) is 0 Å². The first-order chi connectivity index (χ1) is 27.5. The molecule has 3 aromatic carbocycles. The zero-order valence-corrected chi connectivity index (χ0v) is 34.3. The van der Waals surface area contributed by atoms with Gasteiger partial charge in [-0.05, 0) is 61.4 Å². The number of fused-ring (bicyclic) bond motifs is 1. The number of nitrogens with zero attached hydrogens (tertiary/aromatic N) is 2. The number of aliphatic hydroxyl groups is 1. The Kier molecular flexibility index (Phi) is 13.5.